The van der Waals surface area contributed by atoms with E-state index in [1.807, 2.05) is 20.8 Å². The van der Waals surface area contributed by atoms with Crippen LogP contribution in [0.15, 0.2) is 77.7 Å². The minimum Gasteiger partial charge on any atom is -0.494 e. The third-order valence-corrected chi connectivity index (χ3v) is 8.31. The van der Waals surface area contributed by atoms with Crippen molar-refractivity contribution in [2.24, 2.45) is 0 Å². The quantitative estimate of drug-likeness (QED) is 0.298. The highest BCUT2D eigenvalue weighted by atomic mass is 35.5. The number of amides is 2. The Morgan fingerprint density at radius 1 is 1.00 bits per heavy atom. The van der Waals surface area contributed by atoms with Gasteiger partial charge in [0, 0.05) is 18.1 Å². The standard InChI is InChI=1S/C30H36ClN3O5S/c1-5-18-32-30(36)23(4)33(20-24-8-7-9-25(31)19-24)29(35)21-34(26-12-10-22(3)11-13-26)40(37,38)28-16-14-27(15-17-28)39-6-2/h7-17,19,23H,5-6,18,20-21H2,1-4H3,(H,32,36)/t23-/m0/s1. The average Bonchev–Trinajstić information content (AvgIpc) is 2.94. The van der Waals surface area contributed by atoms with E-state index in [0.717, 1.165) is 16.3 Å². The van der Waals surface area contributed by atoms with Crippen molar-refractivity contribution in [2.75, 3.05) is 24.0 Å². The molecule has 2 amide bonds. The zero-order chi connectivity index (χ0) is 29.3. The molecule has 0 fully saturated rings. The Morgan fingerprint density at radius 2 is 1.68 bits per heavy atom. The van der Waals surface area contributed by atoms with Crippen LogP contribution in [0, 0.1) is 6.92 Å². The van der Waals surface area contributed by atoms with Crippen LogP contribution in [0.3, 0.4) is 0 Å². The van der Waals surface area contributed by atoms with Gasteiger partial charge in [0.15, 0.2) is 0 Å². The van der Waals surface area contributed by atoms with Crippen molar-refractivity contribution < 1.29 is 22.7 Å². The van der Waals surface area contributed by atoms with Gasteiger partial charge in [0.25, 0.3) is 10.0 Å². The van der Waals surface area contributed by atoms with E-state index in [9.17, 15) is 18.0 Å². The molecule has 0 heterocycles. The van der Waals surface area contributed by atoms with Crippen molar-refractivity contribution in [1.29, 1.82) is 0 Å². The first-order valence-electron chi connectivity index (χ1n) is 13.2. The van der Waals surface area contributed by atoms with Gasteiger partial charge in [-0.25, -0.2) is 8.42 Å². The normalized spacial score (nSPS) is 11.9. The van der Waals surface area contributed by atoms with Gasteiger partial charge in [-0.2, -0.15) is 0 Å². The molecule has 1 atom stereocenters. The number of benzene rings is 3. The molecule has 0 aliphatic heterocycles. The van der Waals surface area contributed by atoms with Gasteiger partial charge < -0.3 is 15.0 Å². The van der Waals surface area contributed by atoms with Crippen LogP contribution in [-0.4, -0.2) is 50.9 Å². The number of hydrogen-bond donors (Lipinski definition) is 1. The molecule has 0 bridgehead atoms. The van der Waals surface area contributed by atoms with E-state index >= 15 is 0 Å². The van der Waals surface area contributed by atoms with Crippen LogP contribution >= 0.6 is 11.6 Å². The Bertz CT molecular complexity index is 1400. The molecule has 214 valence electrons. The van der Waals surface area contributed by atoms with Crippen molar-refractivity contribution in [3.63, 3.8) is 0 Å². The van der Waals surface area contributed by atoms with Crippen LogP contribution in [0.2, 0.25) is 5.02 Å². The molecule has 0 saturated carbocycles. The van der Waals surface area contributed by atoms with Gasteiger partial charge >= 0.3 is 0 Å². The molecule has 0 radical (unpaired) electrons. The van der Waals surface area contributed by atoms with Crippen LogP contribution in [0.5, 0.6) is 5.75 Å². The van der Waals surface area contributed by atoms with Gasteiger partial charge in [-0.05, 0) is 81.3 Å². The van der Waals surface area contributed by atoms with Crippen molar-refractivity contribution in [3.05, 3.63) is 88.9 Å². The third-order valence-electron chi connectivity index (χ3n) is 6.28. The fraction of sp³-hybridized carbons (Fsp3) is 0.333. The number of carbonyl (C=O) groups is 2. The summed E-state index contributed by atoms with van der Waals surface area (Å²) in [4.78, 5) is 28.2. The van der Waals surface area contributed by atoms with Gasteiger partial charge in [0.2, 0.25) is 11.8 Å². The molecular weight excluding hydrogens is 550 g/mol. The summed E-state index contributed by atoms with van der Waals surface area (Å²) in [5.41, 5.74) is 1.99. The number of halogens is 1. The van der Waals surface area contributed by atoms with E-state index < -0.39 is 28.5 Å². The fourth-order valence-electron chi connectivity index (χ4n) is 4.05. The van der Waals surface area contributed by atoms with Crippen LogP contribution < -0.4 is 14.4 Å². The number of anilines is 1. The molecule has 3 aromatic rings. The molecule has 0 spiro atoms. The summed E-state index contributed by atoms with van der Waals surface area (Å²) >= 11 is 6.17. The van der Waals surface area contributed by atoms with Gasteiger partial charge in [0.05, 0.1) is 17.2 Å². The summed E-state index contributed by atoms with van der Waals surface area (Å²) in [6, 6.07) is 19.1. The second kappa shape index (κ2) is 14.2. The molecule has 0 aliphatic carbocycles. The van der Waals surface area contributed by atoms with Gasteiger partial charge in [0.1, 0.15) is 18.3 Å². The minimum absolute atomic E-state index is 0.0134. The molecule has 0 aromatic heterocycles. The maximum Gasteiger partial charge on any atom is 0.264 e. The third kappa shape index (κ3) is 7.99. The predicted octanol–water partition coefficient (Wildman–Crippen LogP) is 5.19. The predicted molar refractivity (Wildman–Crippen MR) is 158 cm³/mol. The van der Waals surface area contributed by atoms with E-state index in [1.165, 1.54) is 17.0 Å². The lowest BCUT2D eigenvalue weighted by molar-refractivity contribution is -0.139. The summed E-state index contributed by atoms with van der Waals surface area (Å²) in [6.45, 7) is 7.77. The number of ether oxygens (including phenoxy) is 1. The first kappa shape index (κ1) is 31.0. The van der Waals surface area contributed by atoms with Gasteiger partial charge in [-0.1, -0.05) is 48.4 Å². The largest absolute Gasteiger partial charge is 0.494 e. The number of carbonyl (C=O) groups excluding carboxylic acids is 2. The molecule has 3 rings (SSSR count). The van der Waals surface area contributed by atoms with Crippen LogP contribution in [0.1, 0.15) is 38.3 Å². The van der Waals surface area contributed by atoms with Crippen LogP contribution in [0.25, 0.3) is 0 Å². The zero-order valence-electron chi connectivity index (χ0n) is 23.3. The topological polar surface area (TPSA) is 96.0 Å². The van der Waals surface area contributed by atoms with Crippen molar-refractivity contribution in [3.8, 4) is 5.75 Å². The molecule has 0 saturated heterocycles. The number of rotatable bonds is 13. The second-order valence-corrected chi connectivity index (χ2v) is 11.7. The molecule has 3 aromatic carbocycles. The average molecular weight is 586 g/mol. The van der Waals surface area contributed by atoms with E-state index in [2.05, 4.69) is 5.32 Å². The highest BCUT2D eigenvalue weighted by Crippen LogP contribution is 2.26. The Labute approximate surface area is 241 Å². The number of aryl methyl sites for hydroxylation is 1. The summed E-state index contributed by atoms with van der Waals surface area (Å²) in [6.07, 6.45) is 0.738. The maximum absolute atomic E-state index is 13.9. The van der Waals surface area contributed by atoms with E-state index in [1.54, 1.807) is 67.6 Å². The molecule has 0 aliphatic rings. The zero-order valence-corrected chi connectivity index (χ0v) is 24.8. The molecule has 1 N–H and O–H groups in total. The summed E-state index contributed by atoms with van der Waals surface area (Å²) in [7, 11) is -4.16. The molecule has 0 unspecified atom stereocenters. The Balaban J connectivity index is 2.01. The monoisotopic (exact) mass is 585 g/mol. The summed E-state index contributed by atoms with van der Waals surface area (Å²) < 4.78 is 34.3. The highest BCUT2D eigenvalue weighted by Gasteiger charge is 2.32. The lowest BCUT2D eigenvalue weighted by Gasteiger charge is -2.32. The highest BCUT2D eigenvalue weighted by molar-refractivity contribution is 7.92. The first-order chi connectivity index (χ1) is 19.1. The second-order valence-electron chi connectivity index (χ2n) is 9.37. The molecule has 10 heteroatoms. The van der Waals surface area contributed by atoms with Crippen molar-refractivity contribution >= 4 is 39.1 Å². The molecule has 8 nitrogen and oxygen atoms in total. The van der Waals surface area contributed by atoms with Gasteiger partial charge in [-0.3, -0.25) is 13.9 Å². The van der Waals surface area contributed by atoms with E-state index in [0.29, 0.717) is 35.2 Å². The van der Waals surface area contributed by atoms with Crippen molar-refractivity contribution in [2.45, 2.75) is 51.6 Å². The summed E-state index contributed by atoms with van der Waals surface area (Å²) in [5.74, 6) is -0.318. The Hall–Kier alpha value is -3.56. The minimum atomic E-state index is -4.16. The molecule has 40 heavy (non-hydrogen) atoms. The number of sulfonamides is 1. The first-order valence-corrected chi connectivity index (χ1v) is 15.0. The SMILES string of the molecule is CCCNC(=O)[C@H](C)N(Cc1cccc(Cl)c1)C(=O)CN(c1ccc(C)cc1)S(=O)(=O)c1ccc(OCC)cc1. The Kier molecular flexibility index (Phi) is 11.0. The van der Waals surface area contributed by atoms with Crippen molar-refractivity contribution in [1.82, 2.24) is 10.2 Å². The fourth-order valence-corrected chi connectivity index (χ4v) is 5.68. The van der Waals surface area contributed by atoms with Crippen LogP contribution in [-0.2, 0) is 26.2 Å². The number of nitrogens with zero attached hydrogens (tertiary/aromatic N) is 2. The number of hydrogen-bond acceptors (Lipinski definition) is 5. The molecular formula is C30H36ClN3O5S. The maximum atomic E-state index is 13.9. The van der Waals surface area contributed by atoms with E-state index in [4.69, 9.17) is 16.3 Å². The van der Waals surface area contributed by atoms with E-state index in [-0.39, 0.29) is 17.3 Å². The number of nitrogens with one attached hydrogen (secondary N) is 1. The Morgan fingerprint density at radius 3 is 2.27 bits per heavy atom. The van der Waals surface area contributed by atoms with Crippen LogP contribution in [0.4, 0.5) is 5.69 Å². The smallest absolute Gasteiger partial charge is 0.264 e. The lowest BCUT2D eigenvalue weighted by atomic mass is 10.1. The lowest BCUT2D eigenvalue weighted by Crippen LogP contribution is -2.51. The van der Waals surface area contributed by atoms with Gasteiger partial charge in [-0.15, -0.1) is 0 Å². The summed E-state index contributed by atoms with van der Waals surface area (Å²) in [5, 5.41) is 3.32.